The van der Waals surface area contributed by atoms with E-state index >= 15 is 0 Å². The van der Waals surface area contributed by atoms with E-state index < -0.39 is 34.8 Å². The summed E-state index contributed by atoms with van der Waals surface area (Å²) >= 11 is 0. The average molecular weight is 532 g/mol. The minimum atomic E-state index is -4.69. The zero-order valence-corrected chi connectivity index (χ0v) is 21.6. The Labute approximate surface area is 218 Å². The van der Waals surface area contributed by atoms with Gasteiger partial charge in [-0.3, -0.25) is 4.79 Å². The lowest BCUT2D eigenvalue weighted by atomic mass is 9.82. The number of benzene rings is 2. The first-order valence-corrected chi connectivity index (χ1v) is 12.3. The van der Waals surface area contributed by atoms with Crippen LogP contribution in [0.3, 0.4) is 0 Å². The Hall–Kier alpha value is -3.69. The fourth-order valence-electron chi connectivity index (χ4n) is 4.73. The number of hydrogen-bond acceptors (Lipinski definition) is 4. The van der Waals surface area contributed by atoms with E-state index in [1.807, 2.05) is 6.20 Å². The number of amides is 1. The lowest BCUT2D eigenvalue weighted by Gasteiger charge is -2.22. The number of nitrogens with one attached hydrogen (secondary N) is 1. The Balaban J connectivity index is 1.62. The van der Waals surface area contributed by atoms with E-state index in [-0.39, 0.29) is 35.1 Å². The molecule has 0 atom stereocenters. The summed E-state index contributed by atoms with van der Waals surface area (Å²) in [5.74, 6) is -2.29. The summed E-state index contributed by atoms with van der Waals surface area (Å²) < 4.78 is 60.0. The number of methoxy groups -OCH3 is 1. The third-order valence-corrected chi connectivity index (χ3v) is 7.14. The number of anilines is 1. The highest BCUT2D eigenvalue weighted by Gasteiger charge is 2.53. The maximum Gasteiger partial charge on any atom is 0.416 e. The Morgan fingerprint density at radius 2 is 1.82 bits per heavy atom. The molecule has 1 saturated carbocycles. The van der Waals surface area contributed by atoms with Gasteiger partial charge in [-0.2, -0.15) is 18.3 Å². The molecule has 38 heavy (non-hydrogen) atoms. The predicted molar refractivity (Wildman–Crippen MR) is 134 cm³/mol. The number of rotatable bonds is 8. The molecule has 1 aliphatic carbocycles. The number of alkyl halides is 3. The highest BCUT2D eigenvalue weighted by Crippen LogP contribution is 2.50. The number of aromatic nitrogens is 2. The van der Waals surface area contributed by atoms with Crippen LogP contribution in [-0.2, 0) is 26.5 Å². The van der Waals surface area contributed by atoms with Crippen LogP contribution in [0, 0.1) is 5.82 Å². The molecule has 1 aliphatic rings. The van der Waals surface area contributed by atoms with Gasteiger partial charge in [0, 0.05) is 17.4 Å². The molecule has 0 saturated heterocycles. The summed E-state index contributed by atoms with van der Waals surface area (Å²) in [5.41, 5.74) is -0.737. The first-order valence-electron chi connectivity index (χ1n) is 12.3. The van der Waals surface area contributed by atoms with Crippen LogP contribution < -0.4 is 5.32 Å². The van der Waals surface area contributed by atoms with Crippen molar-refractivity contribution in [3.8, 4) is 5.69 Å². The Bertz CT molecular complexity index is 1370. The quantitative estimate of drug-likeness (QED) is 0.264. The van der Waals surface area contributed by atoms with Crippen molar-refractivity contribution >= 4 is 17.6 Å². The van der Waals surface area contributed by atoms with Gasteiger partial charge >= 0.3 is 12.1 Å². The number of nitrogens with zero attached hydrogens (tertiary/aromatic N) is 2. The van der Waals surface area contributed by atoms with Crippen LogP contribution in [0.15, 0.2) is 48.8 Å². The van der Waals surface area contributed by atoms with Gasteiger partial charge in [-0.15, -0.1) is 0 Å². The Kier molecular flexibility index (Phi) is 7.11. The van der Waals surface area contributed by atoms with E-state index in [9.17, 15) is 27.2 Å². The lowest BCUT2D eigenvalue weighted by molar-refractivity contribution is -0.137. The predicted octanol–water partition coefficient (Wildman–Crippen LogP) is 6.56. The summed E-state index contributed by atoms with van der Waals surface area (Å²) in [6.07, 6.45) is 1.43. The fraction of sp³-hybridized carbons (Fsp3) is 0.393. The summed E-state index contributed by atoms with van der Waals surface area (Å²) in [6, 6.07) is 6.84. The largest absolute Gasteiger partial charge is 0.465 e. The highest BCUT2D eigenvalue weighted by atomic mass is 19.4. The normalized spacial score (nSPS) is 14.7. The van der Waals surface area contributed by atoms with Crippen LogP contribution in [-0.4, -0.2) is 28.8 Å². The van der Waals surface area contributed by atoms with Crippen LogP contribution >= 0.6 is 0 Å². The molecule has 0 aliphatic heterocycles. The number of carbonyl (C=O) groups excluding carboxylic acids is 2. The third-order valence-electron chi connectivity index (χ3n) is 7.14. The molecule has 0 bridgehead atoms. The number of hydrogen-bond donors (Lipinski definition) is 1. The summed E-state index contributed by atoms with van der Waals surface area (Å²) in [4.78, 5) is 25.8. The second-order valence-electron chi connectivity index (χ2n) is 10.3. The number of carbonyl (C=O) groups is 2. The zero-order chi connectivity index (χ0) is 27.9. The van der Waals surface area contributed by atoms with E-state index in [2.05, 4.69) is 31.2 Å². The molecule has 0 unspecified atom stereocenters. The molecule has 0 radical (unpaired) electrons. The van der Waals surface area contributed by atoms with Crippen molar-refractivity contribution in [2.45, 2.75) is 63.5 Å². The third kappa shape index (κ3) is 5.16. The Morgan fingerprint density at radius 1 is 1.11 bits per heavy atom. The lowest BCUT2D eigenvalue weighted by Crippen LogP contribution is -2.29. The topological polar surface area (TPSA) is 73.2 Å². The first kappa shape index (κ1) is 27.3. The van der Waals surface area contributed by atoms with Crippen molar-refractivity contribution in [3.63, 3.8) is 0 Å². The average Bonchev–Trinajstić information content (AvgIpc) is 3.50. The van der Waals surface area contributed by atoms with Crippen molar-refractivity contribution in [2.24, 2.45) is 0 Å². The zero-order valence-electron chi connectivity index (χ0n) is 21.6. The second-order valence-corrected chi connectivity index (χ2v) is 10.3. The standard InChI is InChI=1S/C28H29F4N3O3/c1-5-10-26(2,3)18-15-33-35(16-18)23-9-7-19(14-20(23)24(36)38-4)34-25(37)27(11-12-27)21-8-6-17(13-22(21)29)28(30,31)32/h6-9,13-16H,5,10-12H2,1-4H3,(H,34,37). The molecule has 2 aromatic carbocycles. The van der Waals surface area contributed by atoms with Gasteiger partial charge in [-0.1, -0.05) is 33.3 Å². The van der Waals surface area contributed by atoms with Gasteiger partial charge in [0.05, 0.1) is 35.5 Å². The Morgan fingerprint density at radius 3 is 2.39 bits per heavy atom. The molecule has 202 valence electrons. The molecule has 1 amide bonds. The van der Waals surface area contributed by atoms with Crippen LogP contribution in [0.2, 0.25) is 0 Å². The van der Waals surface area contributed by atoms with Crippen LogP contribution in [0.1, 0.15) is 73.5 Å². The van der Waals surface area contributed by atoms with E-state index in [1.165, 1.54) is 13.2 Å². The first-order chi connectivity index (χ1) is 17.8. The number of esters is 1. The van der Waals surface area contributed by atoms with Gasteiger partial charge in [0.2, 0.25) is 5.91 Å². The van der Waals surface area contributed by atoms with Crippen LogP contribution in [0.25, 0.3) is 5.69 Å². The molecular formula is C28H29F4N3O3. The highest BCUT2D eigenvalue weighted by molar-refractivity contribution is 6.03. The van der Waals surface area contributed by atoms with E-state index in [1.54, 1.807) is 23.0 Å². The fourth-order valence-corrected chi connectivity index (χ4v) is 4.73. The molecule has 1 N–H and O–H groups in total. The van der Waals surface area contributed by atoms with Crippen LogP contribution in [0.4, 0.5) is 23.2 Å². The van der Waals surface area contributed by atoms with Gasteiger partial charge in [0.1, 0.15) is 5.82 Å². The van der Waals surface area contributed by atoms with Gasteiger partial charge < -0.3 is 10.1 Å². The van der Waals surface area contributed by atoms with E-state index in [4.69, 9.17) is 4.74 Å². The maximum atomic E-state index is 14.7. The molecule has 4 rings (SSSR count). The summed E-state index contributed by atoms with van der Waals surface area (Å²) in [7, 11) is 1.24. The minimum absolute atomic E-state index is 0.0911. The number of ether oxygens (including phenoxy) is 1. The van der Waals surface area contributed by atoms with Gasteiger partial charge in [0.15, 0.2) is 0 Å². The van der Waals surface area contributed by atoms with Crippen molar-refractivity contribution < 1.29 is 31.9 Å². The summed E-state index contributed by atoms with van der Waals surface area (Å²) in [5, 5.41) is 7.12. The second kappa shape index (κ2) is 9.89. The molecule has 1 heterocycles. The van der Waals surface area contributed by atoms with Crippen molar-refractivity contribution in [1.29, 1.82) is 0 Å². The smallest absolute Gasteiger partial charge is 0.416 e. The molecule has 3 aromatic rings. The monoisotopic (exact) mass is 531 g/mol. The molecule has 1 aromatic heterocycles. The molecule has 6 nitrogen and oxygen atoms in total. The van der Waals surface area contributed by atoms with Gasteiger partial charge in [-0.05, 0) is 60.6 Å². The molecular weight excluding hydrogens is 502 g/mol. The molecule has 10 heteroatoms. The van der Waals surface area contributed by atoms with Crippen molar-refractivity contribution in [1.82, 2.24) is 9.78 Å². The van der Waals surface area contributed by atoms with Crippen molar-refractivity contribution in [2.75, 3.05) is 12.4 Å². The molecule has 0 spiro atoms. The van der Waals surface area contributed by atoms with Crippen molar-refractivity contribution in [3.05, 3.63) is 76.9 Å². The SMILES string of the molecule is CCCC(C)(C)c1cnn(-c2ccc(NC(=O)C3(c4ccc(C(F)(F)F)cc4F)CC3)cc2C(=O)OC)c1. The van der Waals surface area contributed by atoms with Gasteiger partial charge in [0.25, 0.3) is 0 Å². The number of halogens is 4. The van der Waals surface area contributed by atoms with Crippen LogP contribution in [0.5, 0.6) is 0 Å². The van der Waals surface area contributed by atoms with Gasteiger partial charge in [-0.25, -0.2) is 13.9 Å². The maximum absolute atomic E-state index is 14.7. The van der Waals surface area contributed by atoms with E-state index in [0.29, 0.717) is 11.8 Å². The summed E-state index contributed by atoms with van der Waals surface area (Å²) in [6.45, 7) is 6.34. The molecule has 1 fully saturated rings. The van der Waals surface area contributed by atoms with E-state index in [0.717, 1.165) is 30.5 Å². The minimum Gasteiger partial charge on any atom is -0.465 e.